The van der Waals surface area contributed by atoms with Crippen LogP contribution >= 0.6 is 11.3 Å². The average molecular weight is 424 g/mol. The van der Waals surface area contributed by atoms with Crippen molar-refractivity contribution in [2.24, 2.45) is 0 Å². The number of nitrogens with zero attached hydrogens (tertiary/aromatic N) is 4. The zero-order valence-corrected chi connectivity index (χ0v) is 18.8. The zero-order valence-electron chi connectivity index (χ0n) is 17.9. The van der Waals surface area contributed by atoms with Crippen molar-refractivity contribution in [1.29, 1.82) is 0 Å². The summed E-state index contributed by atoms with van der Waals surface area (Å²) < 4.78 is 0. The summed E-state index contributed by atoms with van der Waals surface area (Å²) in [7, 11) is 0. The molecule has 0 atom stereocenters. The first-order valence-corrected chi connectivity index (χ1v) is 11.4. The lowest BCUT2D eigenvalue weighted by Gasteiger charge is -2.34. The standard InChI is InChI=1S/C23H29N5OS/c1-4-27-11-13-28(14-12-27)19(29)9-10-24-22-21-20(18-7-5-16(2)6-8-18)17(3)30-23(21)26-15-25-22/h5-8,15H,4,9-14H2,1-3H3,(H,24,25,26). The molecule has 0 bridgehead atoms. The van der Waals surface area contributed by atoms with Crippen LogP contribution in [-0.2, 0) is 4.79 Å². The molecule has 1 aromatic carbocycles. The van der Waals surface area contributed by atoms with E-state index in [4.69, 9.17) is 0 Å². The summed E-state index contributed by atoms with van der Waals surface area (Å²) in [5, 5.41) is 4.46. The number of amides is 1. The molecule has 4 rings (SSSR count). The molecular weight excluding hydrogens is 394 g/mol. The Bertz CT molecular complexity index is 1020. The number of aromatic nitrogens is 2. The van der Waals surface area contributed by atoms with Crippen LogP contribution in [0.4, 0.5) is 5.82 Å². The molecule has 1 N–H and O–H groups in total. The van der Waals surface area contributed by atoms with Crippen LogP contribution in [0.3, 0.4) is 0 Å². The highest BCUT2D eigenvalue weighted by atomic mass is 32.1. The average Bonchev–Trinajstić information content (AvgIpc) is 3.11. The van der Waals surface area contributed by atoms with Crippen molar-refractivity contribution in [1.82, 2.24) is 19.8 Å². The van der Waals surface area contributed by atoms with Crippen molar-refractivity contribution >= 4 is 33.3 Å². The van der Waals surface area contributed by atoms with Crippen LogP contribution in [0.2, 0.25) is 0 Å². The van der Waals surface area contributed by atoms with E-state index in [0.29, 0.717) is 13.0 Å². The number of benzene rings is 1. The number of hydrogen-bond acceptors (Lipinski definition) is 6. The molecule has 30 heavy (non-hydrogen) atoms. The van der Waals surface area contributed by atoms with Crippen molar-refractivity contribution in [3.63, 3.8) is 0 Å². The third kappa shape index (κ3) is 4.32. The number of hydrogen-bond donors (Lipinski definition) is 1. The molecule has 3 aromatic rings. The molecule has 3 heterocycles. The van der Waals surface area contributed by atoms with E-state index < -0.39 is 0 Å². The van der Waals surface area contributed by atoms with Crippen LogP contribution < -0.4 is 5.32 Å². The Morgan fingerprint density at radius 3 is 2.53 bits per heavy atom. The van der Waals surface area contributed by atoms with E-state index in [-0.39, 0.29) is 5.91 Å². The van der Waals surface area contributed by atoms with Crippen LogP contribution in [0.5, 0.6) is 0 Å². The number of anilines is 1. The molecule has 6 nitrogen and oxygen atoms in total. The van der Waals surface area contributed by atoms with Crippen molar-refractivity contribution in [3.8, 4) is 11.1 Å². The van der Waals surface area contributed by atoms with Gasteiger partial charge in [0.25, 0.3) is 0 Å². The van der Waals surface area contributed by atoms with E-state index in [1.807, 2.05) is 4.90 Å². The Kier molecular flexibility index (Phi) is 6.29. The molecule has 158 valence electrons. The monoisotopic (exact) mass is 423 g/mol. The lowest BCUT2D eigenvalue weighted by atomic mass is 10.0. The smallest absolute Gasteiger partial charge is 0.224 e. The Hall–Kier alpha value is -2.51. The molecule has 0 unspecified atom stereocenters. The van der Waals surface area contributed by atoms with Gasteiger partial charge in [-0.1, -0.05) is 36.8 Å². The quantitative estimate of drug-likeness (QED) is 0.651. The van der Waals surface area contributed by atoms with Crippen LogP contribution in [0.15, 0.2) is 30.6 Å². The maximum atomic E-state index is 12.6. The number of piperazine rings is 1. The van der Waals surface area contributed by atoms with Crippen LogP contribution in [0.1, 0.15) is 23.8 Å². The molecule has 1 aliphatic rings. The largest absolute Gasteiger partial charge is 0.369 e. The Balaban J connectivity index is 1.48. The lowest BCUT2D eigenvalue weighted by molar-refractivity contribution is -0.132. The molecular formula is C23H29N5OS. The van der Waals surface area contributed by atoms with E-state index in [1.165, 1.54) is 21.6 Å². The van der Waals surface area contributed by atoms with Crippen LogP contribution in [-0.4, -0.2) is 64.9 Å². The van der Waals surface area contributed by atoms with Crippen molar-refractivity contribution in [2.75, 3.05) is 44.6 Å². The highest BCUT2D eigenvalue weighted by Gasteiger charge is 2.20. The van der Waals surface area contributed by atoms with Gasteiger partial charge in [-0.15, -0.1) is 11.3 Å². The second-order valence-electron chi connectivity index (χ2n) is 7.79. The molecule has 1 amide bonds. The Morgan fingerprint density at radius 1 is 1.10 bits per heavy atom. The normalized spacial score (nSPS) is 15.0. The third-order valence-electron chi connectivity index (χ3n) is 5.81. The molecule has 1 saturated heterocycles. The Morgan fingerprint density at radius 2 is 1.83 bits per heavy atom. The van der Waals surface area contributed by atoms with Gasteiger partial charge in [0.2, 0.25) is 5.91 Å². The molecule has 0 radical (unpaired) electrons. The fourth-order valence-corrected chi connectivity index (χ4v) is 5.02. The fourth-order valence-electron chi connectivity index (χ4n) is 4.01. The molecule has 1 fully saturated rings. The summed E-state index contributed by atoms with van der Waals surface area (Å²) in [6.45, 7) is 11.6. The number of carbonyl (C=O) groups excluding carboxylic acids is 1. The second-order valence-corrected chi connectivity index (χ2v) is 9.00. The first-order valence-electron chi connectivity index (χ1n) is 10.6. The summed E-state index contributed by atoms with van der Waals surface area (Å²) in [6, 6.07) is 8.57. The summed E-state index contributed by atoms with van der Waals surface area (Å²) >= 11 is 1.69. The van der Waals surface area contributed by atoms with Gasteiger partial charge in [-0.25, -0.2) is 9.97 Å². The fraction of sp³-hybridized carbons (Fsp3) is 0.435. The predicted octanol–water partition coefficient (Wildman–Crippen LogP) is 3.94. The van der Waals surface area contributed by atoms with Gasteiger partial charge in [0, 0.05) is 49.6 Å². The maximum absolute atomic E-state index is 12.6. The zero-order chi connectivity index (χ0) is 21.1. The molecule has 0 spiro atoms. The van der Waals surface area contributed by atoms with Crippen molar-refractivity contribution in [2.45, 2.75) is 27.2 Å². The molecule has 0 aliphatic carbocycles. The van der Waals surface area contributed by atoms with Gasteiger partial charge >= 0.3 is 0 Å². The van der Waals surface area contributed by atoms with E-state index in [9.17, 15) is 4.79 Å². The highest BCUT2D eigenvalue weighted by molar-refractivity contribution is 7.19. The minimum atomic E-state index is 0.212. The third-order valence-corrected chi connectivity index (χ3v) is 6.82. The minimum Gasteiger partial charge on any atom is -0.369 e. The van der Waals surface area contributed by atoms with Gasteiger partial charge < -0.3 is 15.1 Å². The number of nitrogens with one attached hydrogen (secondary N) is 1. The maximum Gasteiger partial charge on any atom is 0.224 e. The molecule has 7 heteroatoms. The van der Waals surface area contributed by atoms with E-state index in [1.54, 1.807) is 17.7 Å². The number of likely N-dealkylation sites (N-methyl/N-ethyl adjacent to an activating group) is 1. The van der Waals surface area contributed by atoms with E-state index in [0.717, 1.165) is 48.8 Å². The number of thiophene rings is 1. The van der Waals surface area contributed by atoms with E-state index >= 15 is 0 Å². The topological polar surface area (TPSA) is 61.4 Å². The molecule has 2 aromatic heterocycles. The van der Waals surface area contributed by atoms with Gasteiger partial charge in [-0.3, -0.25) is 4.79 Å². The van der Waals surface area contributed by atoms with Gasteiger partial charge in [-0.05, 0) is 26.0 Å². The second kappa shape index (κ2) is 9.10. The van der Waals surface area contributed by atoms with E-state index in [2.05, 4.69) is 65.2 Å². The minimum absolute atomic E-state index is 0.212. The van der Waals surface area contributed by atoms with Gasteiger partial charge in [-0.2, -0.15) is 0 Å². The SMILES string of the molecule is CCN1CCN(C(=O)CCNc2ncnc3sc(C)c(-c4ccc(C)cc4)c23)CC1. The summed E-state index contributed by atoms with van der Waals surface area (Å²) in [5.41, 5.74) is 3.59. The predicted molar refractivity (Wildman–Crippen MR) is 124 cm³/mol. The van der Waals surface area contributed by atoms with Crippen molar-refractivity contribution < 1.29 is 4.79 Å². The van der Waals surface area contributed by atoms with Gasteiger partial charge in [0.05, 0.1) is 5.39 Å². The van der Waals surface area contributed by atoms with Crippen LogP contribution in [0.25, 0.3) is 21.3 Å². The molecule has 1 aliphatic heterocycles. The number of aryl methyl sites for hydroxylation is 2. The highest BCUT2D eigenvalue weighted by Crippen LogP contribution is 2.40. The van der Waals surface area contributed by atoms with Gasteiger partial charge in [0.1, 0.15) is 17.0 Å². The number of rotatable bonds is 6. The summed E-state index contributed by atoms with van der Waals surface area (Å²) in [4.78, 5) is 28.2. The molecule has 0 saturated carbocycles. The van der Waals surface area contributed by atoms with Crippen molar-refractivity contribution in [3.05, 3.63) is 41.0 Å². The summed E-state index contributed by atoms with van der Waals surface area (Å²) in [5.74, 6) is 1.02. The summed E-state index contributed by atoms with van der Waals surface area (Å²) in [6.07, 6.45) is 2.08. The van der Waals surface area contributed by atoms with Crippen LogP contribution in [0, 0.1) is 13.8 Å². The Labute approximate surface area is 181 Å². The number of fused-ring (bicyclic) bond motifs is 1. The first-order chi connectivity index (χ1) is 14.6. The number of carbonyl (C=O) groups is 1. The lowest BCUT2D eigenvalue weighted by Crippen LogP contribution is -2.48. The van der Waals surface area contributed by atoms with Gasteiger partial charge in [0.15, 0.2) is 0 Å². The first kappa shape index (κ1) is 20.8.